The molecule has 21 heavy (non-hydrogen) atoms. The second-order valence-corrected chi connectivity index (χ2v) is 4.74. The van der Waals surface area contributed by atoms with Gasteiger partial charge in [-0.2, -0.15) is 0 Å². The van der Waals surface area contributed by atoms with Crippen LogP contribution in [0.15, 0.2) is 54.6 Å². The Hall–Kier alpha value is -2.62. The molecular weight excluding hydrogens is 266 g/mol. The number of carbonyl (C=O) groups excluding carboxylic acids is 1. The molecule has 4 nitrogen and oxygen atoms in total. The number of benzene rings is 2. The molecule has 0 atom stereocenters. The molecule has 0 unspecified atom stereocenters. The van der Waals surface area contributed by atoms with Gasteiger partial charge < -0.3 is 10.4 Å². The van der Waals surface area contributed by atoms with E-state index in [1.165, 1.54) is 0 Å². The highest BCUT2D eigenvalue weighted by Crippen LogP contribution is 2.21. The zero-order valence-corrected chi connectivity index (χ0v) is 11.6. The number of aliphatic carboxylic acids is 1. The standard InChI is InChI=1S/C17H17NO3/c19-16(7-4-8-17(20)21)18-15-11-9-14(10-12-15)13-5-2-1-3-6-13/h1-3,5-6,9-12H,4,7-8H2,(H,18,19)(H,20,21). The number of nitrogens with one attached hydrogen (secondary N) is 1. The van der Waals surface area contributed by atoms with Gasteiger partial charge >= 0.3 is 5.97 Å². The molecule has 2 rings (SSSR count). The summed E-state index contributed by atoms with van der Waals surface area (Å²) >= 11 is 0. The van der Waals surface area contributed by atoms with Gasteiger partial charge in [0.05, 0.1) is 0 Å². The first-order valence-corrected chi connectivity index (χ1v) is 6.82. The van der Waals surface area contributed by atoms with Gasteiger partial charge in [0.1, 0.15) is 0 Å². The molecule has 0 fully saturated rings. The van der Waals surface area contributed by atoms with Crippen molar-refractivity contribution in [2.24, 2.45) is 0 Å². The molecule has 2 aromatic carbocycles. The number of hydrogen-bond donors (Lipinski definition) is 2. The maximum absolute atomic E-state index is 11.6. The predicted octanol–water partition coefficient (Wildman–Crippen LogP) is 3.55. The number of anilines is 1. The van der Waals surface area contributed by atoms with Crippen LogP contribution in [0.2, 0.25) is 0 Å². The first kappa shape index (κ1) is 14.8. The Balaban J connectivity index is 1.91. The van der Waals surface area contributed by atoms with Gasteiger partial charge in [-0.25, -0.2) is 0 Å². The van der Waals surface area contributed by atoms with Crippen LogP contribution in [0.25, 0.3) is 11.1 Å². The lowest BCUT2D eigenvalue weighted by Crippen LogP contribution is -2.11. The SMILES string of the molecule is O=C(O)CCCC(=O)Nc1ccc(-c2ccccc2)cc1. The van der Waals surface area contributed by atoms with E-state index in [0.717, 1.165) is 16.8 Å². The number of carboxylic acid groups (broad SMARTS) is 1. The number of amides is 1. The highest BCUT2D eigenvalue weighted by Gasteiger charge is 2.05. The van der Waals surface area contributed by atoms with Crippen molar-refractivity contribution in [3.05, 3.63) is 54.6 Å². The average molecular weight is 283 g/mol. The molecule has 0 saturated carbocycles. The van der Waals surface area contributed by atoms with Crippen molar-refractivity contribution in [1.29, 1.82) is 0 Å². The van der Waals surface area contributed by atoms with E-state index < -0.39 is 5.97 Å². The summed E-state index contributed by atoms with van der Waals surface area (Å²) in [7, 11) is 0. The normalized spacial score (nSPS) is 10.1. The lowest BCUT2D eigenvalue weighted by Gasteiger charge is -2.06. The van der Waals surface area contributed by atoms with E-state index in [4.69, 9.17) is 5.11 Å². The van der Waals surface area contributed by atoms with Gasteiger partial charge in [0, 0.05) is 18.5 Å². The summed E-state index contributed by atoms with van der Waals surface area (Å²) in [5.41, 5.74) is 2.92. The first-order chi connectivity index (χ1) is 10.1. The largest absolute Gasteiger partial charge is 0.481 e. The highest BCUT2D eigenvalue weighted by atomic mass is 16.4. The maximum atomic E-state index is 11.6. The van der Waals surface area contributed by atoms with Crippen LogP contribution >= 0.6 is 0 Å². The Morgan fingerprint density at radius 3 is 2.10 bits per heavy atom. The molecule has 108 valence electrons. The molecule has 2 N–H and O–H groups in total. The van der Waals surface area contributed by atoms with E-state index in [-0.39, 0.29) is 18.7 Å². The quantitative estimate of drug-likeness (QED) is 0.852. The number of carboxylic acids is 1. The van der Waals surface area contributed by atoms with E-state index >= 15 is 0 Å². The monoisotopic (exact) mass is 283 g/mol. The molecule has 2 aromatic rings. The van der Waals surface area contributed by atoms with E-state index in [1.54, 1.807) is 0 Å². The number of hydrogen-bond acceptors (Lipinski definition) is 2. The summed E-state index contributed by atoms with van der Waals surface area (Å²) < 4.78 is 0. The second kappa shape index (κ2) is 7.24. The Kier molecular flexibility index (Phi) is 5.10. The van der Waals surface area contributed by atoms with Gasteiger partial charge in [-0.15, -0.1) is 0 Å². The predicted molar refractivity (Wildman–Crippen MR) is 82.0 cm³/mol. The zero-order chi connectivity index (χ0) is 15.1. The summed E-state index contributed by atoms with van der Waals surface area (Å²) in [5, 5.41) is 11.3. The van der Waals surface area contributed by atoms with Crippen molar-refractivity contribution < 1.29 is 14.7 Å². The molecule has 0 radical (unpaired) electrons. The highest BCUT2D eigenvalue weighted by molar-refractivity contribution is 5.91. The fraction of sp³-hybridized carbons (Fsp3) is 0.176. The average Bonchev–Trinajstić information content (AvgIpc) is 2.48. The van der Waals surface area contributed by atoms with Crippen LogP contribution in [0, 0.1) is 0 Å². The van der Waals surface area contributed by atoms with Gasteiger partial charge in [0.2, 0.25) is 5.91 Å². The van der Waals surface area contributed by atoms with Crippen molar-refractivity contribution in [2.75, 3.05) is 5.32 Å². The van der Waals surface area contributed by atoms with Crippen LogP contribution in [-0.4, -0.2) is 17.0 Å². The van der Waals surface area contributed by atoms with Crippen molar-refractivity contribution in [3.63, 3.8) is 0 Å². The first-order valence-electron chi connectivity index (χ1n) is 6.82. The molecular formula is C17H17NO3. The van der Waals surface area contributed by atoms with Crippen molar-refractivity contribution in [2.45, 2.75) is 19.3 Å². The molecule has 0 aromatic heterocycles. The Labute approximate surface area is 123 Å². The molecule has 1 amide bonds. The Morgan fingerprint density at radius 2 is 1.48 bits per heavy atom. The molecule has 0 aliphatic heterocycles. The number of rotatable bonds is 6. The van der Waals surface area contributed by atoms with Gasteiger partial charge in [-0.1, -0.05) is 42.5 Å². The minimum Gasteiger partial charge on any atom is -0.481 e. The lowest BCUT2D eigenvalue weighted by atomic mass is 10.1. The number of carbonyl (C=O) groups is 2. The maximum Gasteiger partial charge on any atom is 0.303 e. The van der Waals surface area contributed by atoms with Gasteiger partial charge in [0.25, 0.3) is 0 Å². The molecule has 4 heteroatoms. The van der Waals surface area contributed by atoms with Crippen LogP contribution in [0.4, 0.5) is 5.69 Å². The third-order valence-electron chi connectivity index (χ3n) is 3.07. The van der Waals surface area contributed by atoms with Crippen LogP contribution in [-0.2, 0) is 9.59 Å². The lowest BCUT2D eigenvalue weighted by molar-refractivity contribution is -0.137. The summed E-state index contributed by atoms with van der Waals surface area (Å²) in [6, 6.07) is 17.6. The third-order valence-corrected chi connectivity index (χ3v) is 3.07. The van der Waals surface area contributed by atoms with Crippen molar-refractivity contribution in [1.82, 2.24) is 0 Å². The fourth-order valence-electron chi connectivity index (χ4n) is 2.00. The topological polar surface area (TPSA) is 66.4 Å². The van der Waals surface area contributed by atoms with Gasteiger partial charge in [-0.3, -0.25) is 9.59 Å². The van der Waals surface area contributed by atoms with Crippen molar-refractivity contribution >= 4 is 17.6 Å². The van der Waals surface area contributed by atoms with Crippen LogP contribution < -0.4 is 5.32 Å². The van der Waals surface area contributed by atoms with E-state index in [2.05, 4.69) is 5.32 Å². The zero-order valence-electron chi connectivity index (χ0n) is 11.6. The summed E-state index contributed by atoms with van der Waals surface area (Å²) in [6.07, 6.45) is 0.580. The van der Waals surface area contributed by atoms with Crippen LogP contribution in [0.3, 0.4) is 0 Å². The van der Waals surface area contributed by atoms with E-state index in [9.17, 15) is 9.59 Å². The van der Waals surface area contributed by atoms with Crippen molar-refractivity contribution in [3.8, 4) is 11.1 Å². The Morgan fingerprint density at radius 1 is 0.857 bits per heavy atom. The van der Waals surface area contributed by atoms with E-state index in [0.29, 0.717) is 6.42 Å². The summed E-state index contributed by atoms with van der Waals surface area (Å²) in [6.45, 7) is 0. The molecule has 0 aliphatic rings. The fourth-order valence-corrected chi connectivity index (χ4v) is 2.00. The molecule has 0 bridgehead atoms. The van der Waals surface area contributed by atoms with Gasteiger partial charge in [0.15, 0.2) is 0 Å². The molecule has 0 saturated heterocycles. The summed E-state index contributed by atoms with van der Waals surface area (Å²) in [4.78, 5) is 22.0. The van der Waals surface area contributed by atoms with Crippen LogP contribution in [0.5, 0.6) is 0 Å². The van der Waals surface area contributed by atoms with Gasteiger partial charge in [-0.05, 0) is 29.7 Å². The minimum atomic E-state index is -0.880. The van der Waals surface area contributed by atoms with Crippen LogP contribution in [0.1, 0.15) is 19.3 Å². The molecule has 0 aliphatic carbocycles. The summed E-state index contributed by atoms with van der Waals surface area (Å²) in [5.74, 6) is -1.04. The molecule has 0 spiro atoms. The smallest absolute Gasteiger partial charge is 0.303 e. The minimum absolute atomic E-state index is 0.0143. The Bertz CT molecular complexity index is 606. The third kappa shape index (κ3) is 4.76. The second-order valence-electron chi connectivity index (χ2n) is 4.74. The van der Waals surface area contributed by atoms with E-state index in [1.807, 2.05) is 54.6 Å². The molecule has 0 heterocycles.